The van der Waals surface area contributed by atoms with E-state index in [4.69, 9.17) is 18.4 Å². The van der Waals surface area contributed by atoms with Crippen LogP contribution in [0, 0.1) is 6.92 Å². The molecule has 1 heterocycles. The van der Waals surface area contributed by atoms with Gasteiger partial charge in [0.15, 0.2) is 0 Å². The minimum atomic E-state index is -3.86. The number of amides is 1. The fourth-order valence-electron chi connectivity index (χ4n) is 3.93. The first-order valence-corrected chi connectivity index (χ1v) is 14.4. The Hall–Kier alpha value is -4.41. The molecular weight excluding hydrogens is 544 g/mol. The fourth-order valence-corrected chi connectivity index (χ4v) is 4.88. The lowest BCUT2D eigenvalue weighted by atomic mass is 10.1. The molecular formula is C31H32N2O7S. The number of anilines is 1. The van der Waals surface area contributed by atoms with Gasteiger partial charge < -0.3 is 19.1 Å². The molecule has 0 unspecified atom stereocenters. The number of ether oxygens (including phenoxy) is 3. The topological polar surface area (TPSA) is 104 Å². The molecule has 9 nitrogen and oxygen atoms in total. The highest BCUT2D eigenvalue weighted by atomic mass is 32.2. The number of nitrogens with zero attached hydrogens (tertiary/aromatic N) is 2. The SMILES string of the molecule is COc1ccc(OCCCOS(=O)(=O)c2ccc(C)cc2)c(CN(C(C)=O)c2cccnc2Oc2ccccc2)c1. The van der Waals surface area contributed by atoms with E-state index in [1.165, 1.54) is 19.1 Å². The largest absolute Gasteiger partial charge is 0.497 e. The first-order valence-electron chi connectivity index (χ1n) is 13.0. The van der Waals surface area contributed by atoms with Gasteiger partial charge in [0.1, 0.15) is 22.9 Å². The highest BCUT2D eigenvalue weighted by Gasteiger charge is 2.21. The van der Waals surface area contributed by atoms with Crippen molar-refractivity contribution in [1.82, 2.24) is 4.98 Å². The Morgan fingerprint density at radius 3 is 2.37 bits per heavy atom. The van der Waals surface area contributed by atoms with Gasteiger partial charge in [0.05, 0.1) is 31.8 Å². The van der Waals surface area contributed by atoms with Crippen LogP contribution < -0.4 is 19.1 Å². The monoisotopic (exact) mass is 576 g/mol. The second-order valence-corrected chi connectivity index (χ2v) is 10.7. The molecule has 0 aliphatic carbocycles. The van der Waals surface area contributed by atoms with Gasteiger partial charge in [-0.25, -0.2) is 4.98 Å². The van der Waals surface area contributed by atoms with Crippen LogP contribution in [0.25, 0.3) is 0 Å². The molecule has 1 aromatic heterocycles. The molecule has 41 heavy (non-hydrogen) atoms. The molecule has 4 aromatic rings. The quantitative estimate of drug-likeness (QED) is 0.143. The van der Waals surface area contributed by atoms with E-state index in [1.807, 2.05) is 25.1 Å². The van der Waals surface area contributed by atoms with E-state index in [-0.39, 0.29) is 36.4 Å². The lowest BCUT2D eigenvalue weighted by Crippen LogP contribution is -2.28. The summed E-state index contributed by atoms with van der Waals surface area (Å²) in [5.41, 5.74) is 2.13. The molecule has 0 atom stereocenters. The molecule has 214 valence electrons. The first-order chi connectivity index (χ1) is 19.8. The average molecular weight is 577 g/mol. The number of aryl methyl sites for hydroxylation is 1. The number of carbonyl (C=O) groups excluding carboxylic acids is 1. The molecule has 3 aromatic carbocycles. The van der Waals surface area contributed by atoms with Crippen LogP contribution in [0.5, 0.6) is 23.1 Å². The molecule has 0 saturated carbocycles. The number of pyridine rings is 1. The zero-order chi connectivity index (χ0) is 29.2. The molecule has 0 radical (unpaired) electrons. The summed E-state index contributed by atoms with van der Waals surface area (Å²) in [6, 6.07) is 24.5. The van der Waals surface area contributed by atoms with Crippen LogP contribution in [-0.2, 0) is 25.6 Å². The molecule has 0 N–H and O–H groups in total. The molecule has 10 heteroatoms. The Balaban J connectivity index is 1.46. The molecule has 0 aliphatic rings. The highest BCUT2D eigenvalue weighted by molar-refractivity contribution is 7.86. The van der Waals surface area contributed by atoms with Crippen molar-refractivity contribution >= 4 is 21.7 Å². The number of benzene rings is 3. The molecule has 0 spiro atoms. The minimum Gasteiger partial charge on any atom is -0.497 e. The van der Waals surface area contributed by atoms with Crippen LogP contribution in [0.3, 0.4) is 0 Å². The Bertz CT molecular complexity index is 1560. The third-order valence-corrected chi connectivity index (χ3v) is 7.40. The number of aromatic nitrogens is 1. The Kier molecular flexibility index (Phi) is 9.94. The van der Waals surface area contributed by atoms with Crippen LogP contribution in [0.4, 0.5) is 5.69 Å². The fraction of sp³-hybridized carbons (Fsp3) is 0.226. The maximum absolute atomic E-state index is 12.8. The van der Waals surface area contributed by atoms with Crippen molar-refractivity contribution in [2.24, 2.45) is 0 Å². The third-order valence-electron chi connectivity index (χ3n) is 6.07. The Morgan fingerprint density at radius 1 is 0.902 bits per heavy atom. The van der Waals surface area contributed by atoms with E-state index in [0.29, 0.717) is 34.9 Å². The zero-order valence-electron chi connectivity index (χ0n) is 23.1. The van der Waals surface area contributed by atoms with Crippen LogP contribution >= 0.6 is 0 Å². The molecule has 0 fully saturated rings. The van der Waals surface area contributed by atoms with E-state index in [0.717, 1.165) is 5.56 Å². The van der Waals surface area contributed by atoms with Gasteiger partial charge in [0, 0.05) is 25.1 Å². The summed E-state index contributed by atoms with van der Waals surface area (Å²) in [5, 5.41) is 0. The van der Waals surface area contributed by atoms with Crippen LogP contribution in [0.1, 0.15) is 24.5 Å². The summed E-state index contributed by atoms with van der Waals surface area (Å²) in [4.78, 5) is 18.9. The number of hydrogen-bond donors (Lipinski definition) is 0. The molecule has 0 saturated heterocycles. The van der Waals surface area contributed by atoms with Crippen molar-refractivity contribution in [2.75, 3.05) is 25.2 Å². The van der Waals surface area contributed by atoms with E-state index >= 15 is 0 Å². The number of hydrogen-bond acceptors (Lipinski definition) is 8. The highest BCUT2D eigenvalue weighted by Crippen LogP contribution is 2.33. The van der Waals surface area contributed by atoms with Gasteiger partial charge in [-0.15, -0.1) is 0 Å². The van der Waals surface area contributed by atoms with Crippen LogP contribution in [0.2, 0.25) is 0 Å². The van der Waals surface area contributed by atoms with Crippen molar-refractivity contribution in [1.29, 1.82) is 0 Å². The predicted octanol–water partition coefficient (Wildman–Crippen LogP) is 5.92. The van der Waals surface area contributed by atoms with Gasteiger partial charge in [0.25, 0.3) is 10.1 Å². The molecule has 4 rings (SSSR count). The summed E-state index contributed by atoms with van der Waals surface area (Å²) < 4.78 is 47.4. The third kappa shape index (κ3) is 8.06. The van der Waals surface area contributed by atoms with Crippen molar-refractivity contribution < 1.29 is 31.6 Å². The summed E-state index contributed by atoms with van der Waals surface area (Å²) in [6.45, 7) is 3.64. The van der Waals surface area contributed by atoms with E-state index < -0.39 is 10.1 Å². The summed E-state index contributed by atoms with van der Waals surface area (Å²) in [7, 11) is -2.30. The van der Waals surface area contributed by atoms with Crippen molar-refractivity contribution in [3.63, 3.8) is 0 Å². The Labute approximate surface area is 240 Å². The van der Waals surface area contributed by atoms with Crippen molar-refractivity contribution in [3.8, 4) is 23.1 Å². The predicted molar refractivity (Wildman–Crippen MR) is 155 cm³/mol. The normalized spacial score (nSPS) is 11.1. The number of rotatable bonds is 13. The maximum atomic E-state index is 12.8. The van der Waals surface area contributed by atoms with Crippen LogP contribution in [-0.4, -0.2) is 39.6 Å². The average Bonchev–Trinajstić information content (AvgIpc) is 2.97. The summed E-state index contributed by atoms with van der Waals surface area (Å²) >= 11 is 0. The van der Waals surface area contributed by atoms with Gasteiger partial charge >= 0.3 is 0 Å². The van der Waals surface area contributed by atoms with Gasteiger partial charge in [-0.2, -0.15) is 8.42 Å². The van der Waals surface area contributed by atoms with Gasteiger partial charge in [-0.1, -0.05) is 35.9 Å². The van der Waals surface area contributed by atoms with Crippen molar-refractivity contribution in [3.05, 3.63) is 102 Å². The van der Waals surface area contributed by atoms with Gasteiger partial charge in [-0.3, -0.25) is 8.98 Å². The number of para-hydroxylation sites is 1. The number of methoxy groups -OCH3 is 1. The second kappa shape index (κ2) is 13.8. The second-order valence-electron chi connectivity index (χ2n) is 9.11. The summed E-state index contributed by atoms with van der Waals surface area (Å²) in [6.07, 6.45) is 1.92. The lowest BCUT2D eigenvalue weighted by Gasteiger charge is -2.24. The van der Waals surface area contributed by atoms with Crippen LogP contribution in [0.15, 0.2) is 96.0 Å². The van der Waals surface area contributed by atoms with Gasteiger partial charge in [0.2, 0.25) is 11.8 Å². The first kappa shape index (κ1) is 29.6. The molecule has 1 amide bonds. The molecule has 0 aliphatic heterocycles. The maximum Gasteiger partial charge on any atom is 0.296 e. The number of carbonyl (C=O) groups is 1. The van der Waals surface area contributed by atoms with E-state index in [2.05, 4.69) is 4.98 Å². The smallest absolute Gasteiger partial charge is 0.296 e. The minimum absolute atomic E-state index is 0.0445. The lowest BCUT2D eigenvalue weighted by molar-refractivity contribution is -0.116. The van der Waals surface area contributed by atoms with E-state index in [1.54, 1.807) is 72.8 Å². The van der Waals surface area contributed by atoms with Gasteiger partial charge in [-0.05, 0) is 61.5 Å². The van der Waals surface area contributed by atoms with E-state index in [9.17, 15) is 13.2 Å². The zero-order valence-corrected chi connectivity index (χ0v) is 24.0. The Morgan fingerprint density at radius 2 is 1.66 bits per heavy atom. The molecule has 0 bridgehead atoms. The van der Waals surface area contributed by atoms with Crippen molar-refractivity contribution in [2.45, 2.75) is 31.7 Å². The summed E-state index contributed by atoms with van der Waals surface area (Å²) in [5.74, 6) is 1.77. The standard InChI is InChI=1S/C31H32N2O7S/c1-23-12-15-28(16-13-23)41(35,36)39-20-8-19-38-30-17-14-27(37-3)21-25(30)22-33(24(2)34)29-11-7-18-32-31(29)40-26-9-5-4-6-10-26/h4-7,9-18,21H,8,19-20,22H2,1-3H3.